The second-order valence-electron chi connectivity index (χ2n) is 4.15. The van der Waals surface area contributed by atoms with Crippen LogP contribution in [0.2, 0.25) is 0 Å². The van der Waals surface area contributed by atoms with Crippen LogP contribution in [0.25, 0.3) is 11.4 Å². The Morgan fingerprint density at radius 1 is 1.25 bits per heavy atom. The Morgan fingerprint density at radius 2 is 2.15 bits per heavy atom. The predicted octanol–water partition coefficient (Wildman–Crippen LogP) is 1.26. The lowest BCUT2D eigenvalue weighted by Crippen LogP contribution is -2.06. The minimum Gasteiger partial charge on any atom is -0.398 e. The van der Waals surface area contributed by atoms with Crippen molar-refractivity contribution in [2.45, 2.75) is 0 Å². The summed E-state index contributed by atoms with van der Waals surface area (Å²) < 4.78 is 0. The molecule has 0 aliphatic rings. The van der Waals surface area contributed by atoms with Gasteiger partial charge in [0.2, 0.25) is 5.82 Å². The van der Waals surface area contributed by atoms with E-state index in [1.54, 1.807) is 36.7 Å². The summed E-state index contributed by atoms with van der Waals surface area (Å²) >= 11 is 0. The molecule has 2 aromatic heterocycles. The van der Waals surface area contributed by atoms with Gasteiger partial charge in [-0.05, 0) is 35.5 Å². The molecule has 3 aromatic rings. The van der Waals surface area contributed by atoms with Crippen LogP contribution in [0.5, 0.6) is 0 Å². The first-order chi connectivity index (χ1) is 9.75. The minimum absolute atomic E-state index is 0.306. The zero-order valence-corrected chi connectivity index (χ0v) is 10.4. The highest BCUT2D eigenvalue weighted by atomic mass is 15.5. The maximum atomic E-state index is 8.25. The van der Waals surface area contributed by atoms with Crippen LogP contribution in [-0.4, -0.2) is 31.3 Å². The van der Waals surface area contributed by atoms with Gasteiger partial charge in [0, 0.05) is 34.8 Å². The van der Waals surface area contributed by atoms with Gasteiger partial charge in [0.1, 0.15) is 0 Å². The van der Waals surface area contributed by atoms with Crippen molar-refractivity contribution in [2.24, 2.45) is 0 Å². The van der Waals surface area contributed by atoms with Crippen molar-refractivity contribution < 1.29 is 0 Å². The number of pyridine rings is 1. The molecule has 0 spiro atoms. The highest BCUT2D eigenvalue weighted by Gasteiger charge is 2.12. The molecule has 0 saturated carbocycles. The first-order valence-electron chi connectivity index (χ1n) is 5.88. The molecule has 0 fully saturated rings. The Morgan fingerprint density at radius 3 is 2.85 bits per heavy atom. The van der Waals surface area contributed by atoms with Gasteiger partial charge in [-0.1, -0.05) is 0 Å². The zero-order valence-electron chi connectivity index (χ0n) is 10.4. The summed E-state index contributed by atoms with van der Waals surface area (Å²) in [4.78, 5) is 4.01. The number of nitrogens with zero attached hydrogens (tertiary/aromatic N) is 4. The summed E-state index contributed by atoms with van der Waals surface area (Å²) in [7, 11) is 0. The molecule has 0 aliphatic heterocycles. The van der Waals surface area contributed by atoms with E-state index in [1.807, 2.05) is 6.07 Å². The molecule has 20 heavy (non-hydrogen) atoms. The van der Waals surface area contributed by atoms with E-state index in [9.17, 15) is 0 Å². The fourth-order valence-electron chi connectivity index (χ4n) is 1.86. The molecule has 7 heteroatoms. The van der Waals surface area contributed by atoms with E-state index in [-0.39, 0.29) is 0 Å². The third-order valence-electron chi connectivity index (χ3n) is 2.88. The van der Waals surface area contributed by atoms with Crippen LogP contribution in [0.3, 0.4) is 0 Å². The topological polar surface area (TPSA) is 117 Å². The average Bonchev–Trinajstić information content (AvgIpc) is 3.02. The van der Waals surface area contributed by atoms with E-state index >= 15 is 0 Å². The fourth-order valence-corrected chi connectivity index (χ4v) is 1.86. The molecular formula is C13H11N7. The largest absolute Gasteiger partial charge is 0.398 e. The molecule has 98 valence electrons. The lowest BCUT2D eigenvalue weighted by atomic mass is 10.00. The average molecular weight is 265 g/mol. The van der Waals surface area contributed by atoms with Crippen LogP contribution in [0.4, 0.5) is 5.69 Å². The number of tetrazole rings is 1. The van der Waals surface area contributed by atoms with E-state index in [0.717, 1.165) is 5.56 Å². The molecule has 0 saturated heterocycles. The number of nitrogens with one attached hydrogen (secondary N) is 2. The van der Waals surface area contributed by atoms with Crippen molar-refractivity contribution in [3.05, 3.63) is 53.9 Å². The van der Waals surface area contributed by atoms with Gasteiger partial charge in [0.05, 0.1) is 5.71 Å². The quantitative estimate of drug-likeness (QED) is 0.486. The highest BCUT2D eigenvalue weighted by molar-refractivity contribution is 6.14. The summed E-state index contributed by atoms with van der Waals surface area (Å²) in [6.45, 7) is 0. The number of hydrogen-bond acceptors (Lipinski definition) is 6. The second kappa shape index (κ2) is 4.88. The summed E-state index contributed by atoms with van der Waals surface area (Å²) in [5, 5.41) is 22.0. The lowest BCUT2D eigenvalue weighted by molar-refractivity contribution is 0.881. The molecule has 0 radical (unpaired) electrons. The van der Waals surface area contributed by atoms with Gasteiger partial charge >= 0.3 is 0 Å². The van der Waals surface area contributed by atoms with E-state index in [4.69, 9.17) is 11.1 Å². The standard InChI is InChI=1S/C13H11N7/c14-11-4-3-8(13-17-19-20-18-13)6-10(11)12(15)9-2-1-5-16-7-9/h1-7,15H,14H2,(H,17,18,19,20). The van der Waals surface area contributed by atoms with Crippen molar-refractivity contribution >= 4 is 11.4 Å². The van der Waals surface area contributed by atoms with Crippen LogP contribution in [0, 0.1) is 5.41 Å². The third-order valence-corrected chi connectivity index (χ3v) is 2.88. The van der Waals surface area contributed by atoms with Gasteiger partial charge in [-0.25, -0.2) is 0 Å². The number of nitrogen functional groups attached to an aromatic ring is 1. The molecule has 1 aromatic carbocycles. The predicted molar refractivity (Wildman–Crippen MR) is 74.2 cm³/mol. The number of anilines is 1. The molecule has 0 amide bonds. The van der Waals surface area contributed by atoms with E-state index in [0.29, 0.717) is 28.4 Å². The fraction of sp³-hybridized carbons (Fsp3) is 0. The molecule has 3 rings (SSSR count). The second-order valence-corrected chi connectivity index (χ2v) is 4.15. The molecule has 0 bridgehead atoms. The van der Waals surface area contributed by atoms with Crippen molar-refractivity contribution in [1.29, 1.82) is 5.41 Å². The van der Waals surface area contributed by atoms with Gasteiger partial charge in [0.15, 0.2) is 0 Å². The summed E-state index contributed by atoms with van der Waals surface area (Å²) in [5.41, 5.74) is 8.84. The van der Waals surface area contributed by atoms with Crippen LogP contribution < -0.4 is 5.73 Å². The lowest BCUT2D eigenvalue weighted by Gasteiger charge is -2.08. The Labute approximate surface area is 114 Å². The van der Waals surface area contributed by atoms with Gasteiger partial charge < -0.3 is 5.73 Å². The maximum absolute atomic E-state index is 8.25. The van der Waals surface area contributed by atoms with Crippen molar-refractivity contribution in [1.82, 2.24) is 25.6 Å². The third kappa shape index (κ3) is 2.12. The van der Waals surface area contributed by atoms with Gasteiger partial charge in [-0.15, -0.1) is 10.2 Å². The summed E-state index contributed by atoms with van der Waals surface area (Å²) in [6.07, 6.45) is 3.29. The maximum Gasteiger partial charge on any atom is 0.204 e. The first kappa shape index (κ1) is 12.0. The number of rotatable bonds is 3. The van der Waals surface area contributed by atoms with Crippen LogP contribution in [0.1, 0.15) is 11.1 Å². The number of aromatic nitrogens is 5. The molecule has 7 nitrogen and oxygen atoms in total. The van der Waals surface area contributed by atoms with Crippen molar-refractivity contribution in [3.63, 3.8) is 0 Å². The van der Waals surface area contributed by atoms with Gasteiger partial charge in [-0.3, -0.25) is 10.4 Å². The SMILES string of the molecule is N=C(c1cccnc1)c1cc(-c2nn[nH]n2)ccc1N. The van der Waals surface area contributed by atoms with Crippen LogP contribution in [-0.2, 0) is 0 Å². The summed E-state index contributed by atoms with van der Waals surface area (Å²) in [5.74, 6) is 0.463. The van der Waals surface area contributed by atoms with Gasteiger partial charge in [-0.2, -0.15) is 5.21 Å². The minimum atomic E-state index is 0.306. The molecule has 0 unspecified atom stereocenters. The number of benzene rings is 1. The monoisotopic (exact) mass is 265 g/mol. The van der Waals surface area contributed by atoms with Crippen molar-refractivity contribution in [3.8, 4) is 11.4 Å². The van der Waals surface area contributed by atoms with Crippen LogP contribution >= 0.6 is 0 Å². The number of H-pyrrole nitrogens is 1. The highest BCUT2D eigenvalue weighted by Crippen LogP contribution is 2.22. The molecule has 0 aliphatic carbocycles. The molecule has 4 N–H and O–H groups in total. The number of nitrogens with two attached hydrogens (primary N) is 1. The van der Waals surface area contributed by atoms with E-state index in [2.05, 4.69) is 25.6 Å². The summed E-state index contributed by atoms with van der Waals surface area (Å²) in [6, 6.07) is 8.89. The number of hydrogen-bond donors (Lipinski definition) is 3. The number of aromatic amines is 1. The van der Waals surface area contributed by atoms with Crippen LogP contribution in [0.15, 0.2) is 42.7 Å². The Balaban J connectivity index is 2.05. The first-order valence-corrected chi connectivity index (χ1v) is 5.88. The zero-order chi connectivity index (χ0) is 13.9. The molecular weight excluding hydrogens is 254 g/mol. The van der Waals surface area contributed by atoms with Gasteiger partial charge in [0.25, 0.3) is 0 Å². The molecule has 2 heterocycles. The normalized spacial score (nSPS) is 10.4. The van der Waals surface area contributed by atoms with Crippen molar-refractivity contribution in [2.75, 3.05) is 5.73 Å². The van der Waals surface area contributed by atoms with E-state index in [1.165, 1.54) is 0 Å². The Bertz CT molecular complexity index is 735. The Kier molecular flexibility index (Phi) is 2.92. The smallest absolute Gasteiger partial charge is 0.204 e. The van der Waals surface area contributed by atoms with E-state index < -0.39 is 0 Å². The Hall–Kier alpha value is -3.09. The molecule has 0 atom stereocenters.